The molecule has 0 saturated carbocycles. The summed E-state index contributed by atoms with van der Waals surface area (Å²) in [6.45, 7) is 2.86. The molecule has 0 aliphatic rings. The number of hydrogen-bond donors (Lipinski definition) is 2. The summed E-state index contributed by atoms with van der Waals surface area (Å²) in [5.74, 6) is -1.33. The lowest BCUT2D eigenvalue weighted by Gasteiger charge is -2.14. The SMILES string of the molecule is CC(=O)Nc1ccc(NC(=O)[C@@H](C)OC(=O)c2ccc(C#N)cc2)cc1. The van der Waals surface area contributed by atoms with Gasteiger partial charge in [-0.05, 0) is 55.5 Å². The summed E-state index contributed by atoms with van der Waals surface area (Å²) in [4.78, 5) is 35.2. The van der Waals surface area contributed by atoms with Crippen LogP contribution in [0.2, 0.25) is 0 Å². The van der Waals surface area contributed by atoms with Crippen LogP contribution in [0.4, 0.5) is 11.4 Å². The number of esters is 1. The van der Waals surface area contributed by atoms with Crippen molar-refractivity contribution < 1.29 is 19.1 Å². The van der Waals surface area contributed by atoms with Crippen molar-refractivity contribution in [3.05, 3.63) is 59.7 Å². The summed E-state index contributed by atoms with van der Waals surface area (Å²) in [5, 5.41) is 14.0. The third-order valence-electron chi connectivity index (χ3n) is 3.38. The lowest BCUT2D eigenvalue weighted by molar-refractivity contribution is -0.123. The van der Waals surface area contributed by atoms with E-state index in [1.54, 1.807) is 24.3 Å². The molecule has 2 N–H and O–H groups in total. The summed E-state index contributed by atoms with van der Waals surface area (Å²) < 4.78 is 5.13. The first-order valence-corrected chi connectivity index (χ1v) is 7.78. The first kappa shape index (κ1) is 18.7. The molecule has 0 heterocycles. The lowest BCUT2D eigenvalue weighted by atomic mass is 10.1. The Balaban J connectivity index is 1.93. The van der Waals surface area contributed by atoms with E-state index in [0.29, 0.717) is 16.9 Å². The summed E-state index contributed by atoms with van der Waals surface area (Å²) in [6, 6.07) is 14.4. The van der Waals surface area contributed by atoms with E-state index in [1.165, 1.54) is 38.1 Å². The number of carbonyl (C=O) groups is 3. The van der Waals surface area contributed by atoms with Crippen LogP contribution in [-0.4, -0.2) is 23.9 Å². The first-order valence-electron chi connectivity index (χ1n) is 7.78. The number of nitrogens with zero attached hydrogens (tertiary/aromatic N) is 1. The van der Waals surface area contributed by atoms with Crippen LogP contribution in [0.25, 0.3) is 0 Å². The van der Waals surface area contributed by atoms with E-state index in [0.717, 1.165) is 0 Å². The lowest BCUT2D eigenvalue weighted by Crippen LogP contribution is -2.30. The molecule has 26 heavy (non-hydrogen) atoms. The van der Waals surface area contributed by atoms with E-state index in [2.05, 4.69) is 10.6 Å². The predicted octanol–water partition coefficient (Wildman–Crippen LogP) is 2.70. The summed E-state index contributed by atoms with van der Waals surface area (Å²) >= 11 is 0. The van der Waals surface area contributed by atoms with E-state index in [-0.39, 0.29) is 11.5 Å². The van der Waals surface area contributed by atoms with Crippen molar-refractivity contribution in [2.45, 2.75) is 20.0 Å². The zero-order valence-corrected chi connectivity index (χ0v) is 14.3. The maximum Gasteiger partial charge on any atom is 0.338 e. The Morgan fingerprint density at radius 2 is 1.50 bits per heavy atom. The third kappa shape index (κ3) is 5.18. The average Bonchev–Trinajstić information content (AvgIpc) is 2.62. The van der Waals surface area contributed by atoms with Crippen molar-refractivity contribution in [3.63, 3.8) is 0 Å². The maximum absolute atomic E-state index is 12.1. The number of rotatable bonds is 5. The molecule has 7 nitrogen and oxygen atoms in total. The van der Waals surface area contributed by atoms with Gasteiger partial charge in [0.1, 0.15) is 0 Å². The van der Waals surface area contributed by atoms with Crippen LogP contribution in [-0.2, 0) is 14.3 Å². The number of ether oxygens (including phenoxy) is 1. The van der Waals surface area contributed by atoms with E-state index >= 15 is 0 Å². The Bertz CT molecular complexity index is 852. The minimum Gasteiger partial charge on any atom is -0.449 e. The second-order valence-corrected chi connectivity index (χ2v) is 5.48. The van der Waals surface area contributed by atoms with Gasteiger partial charge in [-0.1, -0.05) is 0 Å². The van der Waals surface area contributed by atoms with Crippen LogP contribution >= 0.6 is 0 Å². The average molecular weight is 351 g/mol. The molecule has 0 aliphatic carbocycles. The van der Waals surface area contributed by atoms with Crippen LogP contribution in [0.3, 0.4) is 0 Å². The molecule has 2 amide bonds. The van der Waals surface area contributed by atoms with E-state index in [4.69, 9.17) is 10.00 Å². The van der Waals surface area contributed by atoms with E-state index in [1.807, 2.05) is 6.07 Å². The van der Waals surface area contributed by atoms with Gasteiger partial charge in [0, 0.05) is 18.3 Å². The van der Waals surface area contributed by atoms with Gasteiger partial charge in [0.05, 0.1) is 17.2 Å². The Kier molecular flexibility index (Phi) is 6.06. The summed E-state index contributed by atoms with van der Waals surface area (Å²) in [7, 11) is 0. The second-order valence-electron chi connectivity index (χ2n) is 5.48. The van der Waals surface area contributed by atoms with Crippen molar-refractivity contribution in [1.82, 2.24) is 0 Å². The zero-order chi connectivity index (χ0) is 19.1. The smallest absolute Gasteiger partial charge is 0.338 e. The van der Waals surface area contributed by atoms with Gasteiger partial charge in [0.15, 0.2) is 6.10 Å². The highest BCUT2D eigenvalue weighted by molar-refractivity contribution is 5.97. The first-order chi connectivity index (χ1) is 12.4. The Morgan fingerprint density at radius 3 is 2.00 bits per heavy atom. The molecule has 0 aliphatic heterocycles. The summed E-state index contributed by atoms with van der Waals surface area (Å²) in [6.07, 6.45) is -1.01. The molecule has 2 rings (SSSR count). The number of nitrogens with one attached hydrogen (secondary N) is 2. The van der Waals surface area contributed by atoms with E-state index in [9.17, 15) is 14.4 Å². The molecule has 0 saturated heterocycles. The second kappa shape index (κ2) is 8.44. The van der Waals surface area contributed by atoms with Crippen molar-refractivity contribution in [2.24, 2.45) is 0 Å². The molecule has 0 unspecified atom stereocenters. The predicted molar refractivity (Wildman–Crippen MR) is 95.4 cm³/mol. The molecule has 2 aromatic rings. The molecule has 0 bridgehead atoms. The fourth-order valence-corrected chi connectivity index (χ4v) is 2.05. The normalized spacial score (nSPS) is 11.0. The highest BCUT2D eigenvalue weighted by Gasteiger charge is 2.19. The zero-order valence-electron chi connectivity index (χ0n) is 14.3. The molecule has 132 valence electrons. The number of hydrogen-bond acceptors (Lipinski definition) is 5. The van der Waals surface area contributed by atoms with Crippen molar-refractivity contribution in [1.29, 1.82) is 5.26 Å². The standard InChI is InChI=1S/C19H17N3O4/c1-12(26-19(25)15-5-3-14(11-20)4-6-15)18(24)22-17-9-7-16(8-10-17)21-13(2)23/h3-10,12H,1-2H3,(H,21,23)(H,22,24)/t12-/m1/s1. The molecule has 7 heteroatoms. The molecule has 0 radical (unpaired) electrons. The minimum absolute atomic E-state index is 0.190. The highest BCUT2D eigenvalue weighted by Crippen LogP contribution is 2.14. The molecule has 2 aromatic carbocycles. The van der Waals surface area contributed by atoms with Crippen LogP contribution < -0.4 is 10.6 Å². The van der Waals surface area contributed by atoms with Crippen molar-refractivity contribution >= 4 is 29.2 Å². The molecule has 0 aromatic heterocycles. The van der Waals surface area contributed by atoms with Gasteiger partial charge >= 0.3 is 5.97 Å². The number of carbonyl (C=O) groups excluding carboxylic acids is 3. The molecule has 1 atom stereocenters. The van der Waals surface area contributed by atoms with Crippen molar-refractivity contribution in [2.75, 3.05) is 10.6 Å². The van der Waals surface area contributed by atoms with Gasteiger partial charge in [0.2, 0.25) is 5.91 Å². The monoisotopic (exact) mass is 351 g/mol. The van der Waals surface area contributed by atoms with Gasteiger partial charge < -0.3 is 15.4 Å². The largest absolute Gasteiger partial charge is 0.449 e. The third-order valence-corrected chi connectivity index (χ3v) is 3.38. The van der Waals surface area contributed by atoms with E-state index < -0.39 is 18.0 Å². The molecule has 0 spiro atoms. The number of benzene rings is 2. The topological polar surface area (TPSA) is 108 Å². The van der Waals surface area contributed by atoms with Crippen LogP contribution in [0.5, 0.6) is 0 Å². The Labute approximate surface area is 150 Å². The highest BCUT2D eigenvalue weighted by atomic mass is 16.5. The minimum atomic E-state index is -1.01. The number of amides is 2. The van der Waals surface area contributed by atoms with Crippen LogP contribution in [0, 0.1) is 11.3 Å². The van der Waals surface area contributed by atoms with Gasteiger partial charge in [-0.3, -0.25) is 9.59 Å². The number of anilines is 2. The van der Waals surface area contributed by atoms with Crippen LogP contribution in [0.1, 0.15) is 29.8 Å². The Morgan fingerprint density at radius 1 is 0.962 bits per heavy atom. The Hall–Kier alpha value is -3.66. The van der Waals surface area contributed by atoms with Crippen molar-refractivity contribution in [3.8, 4) is 6.07 Å². The fourth-order valence-electron chi connectivity index (χ4n) is 2.05. The molecular weight excluding hydrogens is 334 g/mol. The van der Waals surface area contributed by atoms with Gasteiger partial charge in [-0.25, -0.2) is 4.79 Å². The molecular formula is C19H17N3O4. The fraction of sp³-hybridized carbons (Fsp3) is 0.158. The quantitative estimate of drug-likeness (QED) is 0.805. The maximum atomic E-state index is 12.1. The van der Waals surface area contributed by atoms with Gasteiger partial charge in [-0.2, -0.15) is 5.26 Å². The molecule has 0 fully saturated rings. The van der Waals surface area contributed by atoms with Gasteiger partial charge in [0.25, 0.3) is 5.91 Å². The van der Waals surface area contributed by atoms with Gasteiger partial charge in [-0.15, -0.1) is 0 Å². The van der Waals surface area contributed by atoms with Crippen LogP contribution in [0.15, 0.2) is 48.5 Å². The summed E-state index contributed by atoms with van der Waals surface area (Å²) in [5.41, 5.74) is 1.79. The number of nitriles is 1.